The van der Waals surface area contributed by atoms with Crippen LogP contribution in [0.3, 0.4) is 0 Å². The second kappa shape index (κ2) is 4.43. The molecule has 0 bridgehead atoms. The molecule has 1 saturated carbocycles. The minimum absolute atomic E-state index is 0.341. The minimum Gasteiger partial charge on any atom is -0.316 e. The fourth-order valence-corrected chi connectivity index (χ4v) is 2.78. The van der Waals surface area contributed by atoms with Crippen molar-refractivity contribution in [3.63, 3.8) is 0 Å². The summed E-state index contributed by atoms with van der Waals surface area (Å²) in [5.41, 5.74) is 0. The SMILES string of the molecule is CC1CCC(C(=O)C2CCNC2)CC1. The molecule has 14 heavy (non-hydrogen) atoms. The molecular formula is C12H21NO. The number of hydrogen-bond acceptors (Lipinski definition) is 2. The zero-order chi connectivity index (χ0) is 9.97. The van der Waals surface area contributed by atoms with Gasteiger partial charge in [-0.2, -0.15) is 0 Å². The lowest BCUT2D eigenvalue weighted by Gasteiger charge is -2.26. The Balaban J connectivity index is 1.85. The zero-order valence-corrected chi connectivity index (χ0v) is 9.09. The second-order valence-corrected chi connectivity index (χ2v) is 5.05. The van der Waals surface area contributed by atoms with Crippen molar-refractivity contribution in [1.29, 1.82) is 0 Å². The van der Waals surface area contributed by atoms with Crippen LogP contribution in [-0.4, -0.2) is 18.9 Å². The molecule has 0 spiro atoms. The number of carbonyl (C=O) groups is 1. The summed E-state index contributed by atoms with van der Waals surface area (Å²) in [5, 5.41) is 3.28. The van der Waals surface area contributed by atoms with E-state index in [1.807, 2.05) is 0 Å². The number of nitrogens with one attached hydrogen (secondary N) is 1. The minimum atomic E-state index is 0.341. The van der Waals surface area contributed by atoms with Gasteiger partial charge in [0.1, 0.15) is 5.78 Å². The van der Waals surface area contributed by atoms with E-state index in [0.29, 0.717) is 17.6 Å². The zero-order valence-electron chi connectivity index (χ0n) is 9.09. The average Bonchev–Trinajstić information content (AvgIpc) is 2.71. The topological polar surface area (TPSA) is 29.1 Å². The first-order chi connectivity index (χ1) is 6.77. The van der Waals surface area contributed by atoms with Crippen LogP contribution in [0.15, 0.2) is 0 Å². The highest BCUT2D eigenvalue weighted by atomic mass is 16.1. The van der Waals surface area contributed by atoms with E-state index in [-0.39, 0.29) is 0 Å². The van der Waals surface area contributed by atoms with E-state index in [9.17, 15) is 4.79 Å². The third-order valence-electron chi connectivity index (χ3n) is 3.88. The van der Waals surface area contributed by atoms with Gasteiger partial charge in [0.2, 0.25) is 0 Å². The van der Waals surface area contributed by atoms with Crippen molar-refractivity contribution in [2.24, 2.45) is 17.8 Å². The van der Waals surface area contributed by atoms with Crippen LogP contribution in [-0.2, 0) is 4.79 Å². The smallest absolute Gasteiger partial charge is 0.140 e. The molecule has 0 aromatic heterocycles. The van der Waals surface area contributed by atoms with Crippen LogP contribution in [0.1, 0.15) is 39.0 Å². The quantitative estimate of drug-likeness (QED) is 0.730. The molecule has 1 aliphatic carbocycles. The van der Waals surface area contributed by atoms with E-state index in [0.717, 1.165) is 38.3 Å². The lowest BCUT2D eigenvalue weighted by atomic mass is 9.78. The van der Waals surface area contributed by atoms with Gasteiger partial charge in [-0.05, 0) is 31.7 Å². The van der Waals surface area contributed by atoms with Crippen molar-refractivity contribution in [1.82, 2.24) is 5.32 Å². The van der Waals surface area contributed by atoms with Crippen LogP contribution in [0.4, 0.5) is 0 Å². The Hall–Kier alpha value is -0.370. The van der Waals surface area contributed by atoms with E-state index in [1.165, 1.54) is 12.8 Å². The fourth-order valence-electron chi connectivity index (χ4n) is 2.78. The van der Waals surface area contributed by atoms with Crippen LogP contribution >= 0.6 is 0 Å². The molecule has 2 fully saturated rings. The predicted octanol–water partition coefficient (Wildman–Crippen LogP) is 1.99. The van der Waals surface area contributed by atoms with Crippen molar-refractivity contribution < 1.29 is 4.79 Å². The summed E-state index contributed by atoms with van der Waals surface area (Å²) >= 11 is 0. The molecule has 80 valence electrons. The molecule has 0 aromatic carbocycles. The Morgan fingerprint density at radius 1 is 1.07 bits per heavy atom. The Labute approximate surface area is 86.5 Å². The van der Waals surface area contributed by atoms with Crippen LogP contribution in [0.25, 0.3) is 0 Å². The molecule has 0 aromatic rings. The molecule has 2 aliphatic rings. The first-order valence-corrected chi connectivity index (χ1v) is 6.02. The van der Waals surface area contributed by atoms with Gasteiger partial charge in [-0.1, -0.05) is 19.8 Å². The van der Waals surface area contributed by atoms with Crippen molar-refractivity contribution in [3.05, 3.63) is 0 Å². The van der Waals surface area contributed by atoms with E-state index in [4.69, 9.17) is 0 Å². The lowest BCUT2D eigenvalue weighted by Crippen LogP contribution is -2.28. The summed E-state index contributed by atoms with van der Waals surface area (Å²) in [5.74, 6) is 2.15. The molecule has 1 N–H and O–H groups in total. The lowest BCUT2D eigenvalue weighted by molar-refractivity contribution is -0.127. The van der Waals surface area contributed by atoms with Gasteiger partial charge >= 0.3 is 0 Å². The highest BCUT2D eigenvalue weighted by Crippen LogP contribution is 2.31. The molecule has 2 rings (SSSR count). The van der Waals surface area contributed by atoms with Crippen molar-refractivity contribution in [2.75, 3.05) is 13.1 Å². The number of rotatable bonds is 2. The summed E-state index contributed by atoms with van der Waals surface area (Å²) in [6, 6.07) is 0. The standard InChI is InChI=1S/C12H21NO/c1-9-2-4-10(5-3-9)12(14)11-6-7-13-8-11/h9-11,13H,2-8H2,1H3. The Morgan fingerprint density at radius 3 is 2.36 bits per heavy atom. The summed E-state index contributed by atoms with van der Waals surface area (Å²) in [4.78, 5) is 12.1. The highest BCUT2D eigenvalue weighted by Gasteiger charge is 2.31. The molecule has 0 amide bonds. The van der Waals surface area contributed by atoms with Crippen molar-refractivity contribution in [2.45, 2.75) is 39.0 Å². The average molecular weight is 195 g/mol. The largest absolute Gasteiger partial charge is 0.316 e. The molecule has 1 aliphatic heterocycles. The van der Waals surface area contributed by atoms with Crippen LogP contribution in [0.5, 0.6) is 0 Å². The maximum atomic E-state index is 12.1. The number of carbonyl (C=O) groups excluding carboxylic acids is 1. The molecule has 1 unspecified atom stereocenters. The maximum Gasteiger partial charge on any atom is 0.140 e. The summed E-state index contributed by atoms with van der Waals surface area (Å²) < 4.78 is 0. The molecule has 1 atom stereocenters. The van der Waals surface area contributed by atoms with Crippen LogP contribution in [0.2, 0.25) is 0 Å². The Morgan fingerprint density at radius 2 is 1.79 bits per heavy atom. The second-order valence-electron chi connectivity index (χ2n) is 5.05. The maximum absolute atomic E-state index is 12.1. The van der Waals surface area contributed by atoms with Gasteiger partial charge in [0, 0.05) is 18.4 Å². The van der Waals surface area contributed by atoms with Gasteiger partial charge < -0.3 is 5.32 Å². The van der Waals surface area contributed by atoms with Gasteiger partial charge in [0.15, 0.2) is 0 Å². The number of ketones is 1. The van der Waals surface area contributed by atoms with Crippen LogP contribution < -0.4 is 5.32 Å². The summed E-state index contributed by atoms with van der Waals surface area (Å²) in [7, 11) is 0. The predicted molar refractivity (Wildman–Crippen MR) is 57.1 cm³/mol. The van der Waals surface area contributed by atoms with E-state index >= 15 is 0 Å². The van der Waals surface area contributed by atoms with Gasteiger partial charge in [0.25, 0.3) is 0 Å². The van der Waals surface area contributed by atoms with Gasteiger partial charge in [0.05, 0.1) is 0 Å². The molecular weight excluding hydrogens is 174 g/mol. The molecule has 2 heteroatoms. The fraction of sp³-hybridized carbons (Fsp3) is 0.917. The molecule has 0 radical (unpaired) electrons. The van der Waals surface area contributed by atoms with Gasteiger partial charge in [-0.3, -0.25) is 4.79 Å². The highest BCUT2D eigenvalue weighted by molar-refractivity contribution is 5.84. The normalized spacial score (nSPS) is 38.5. The third-order valence-corrected chi connectivity index (χ3v) is 3.88. The number of Topliss-reactive ketones (excluding diaryl/α,β-unsaturated/α-hetero) is 1. The Bertz CT molecular complexity index is 200. The molecule has 1 saturated heterocycles. The summed E-state index contributed by atoms with van der Waals surface area (Å²) in [6.07, 6.45) is 5.89. The molecule has 2 nitrogen and oxygen atoms in total. The summed E-state index contributed by atoms with van der Waals surface area (Å²) in [6.45, 7) is 4.28. The Kier molecular flexibility index (Phi) is 3.22. The third kappa shape index (κ3) is 2.17. The number of hydrogen-bond donors (Lipinski definition) is 1. The molecule has 1 heterocycles. The van der Waals surface area contributed by atoms with E-state index in [1.54, 1.807) is 0 Å². The monoisotopic (exact) mass is 195 g/mol. The first kappa shape index (κ1) is 10.2. The van der Waals surface area contributed by atoms with Crippen LogP contribution in [0, 0.1) is 17.8 Å². The van der Waals surface area contributed by atoms with Gasteiger partial charge in [-0.25, -0.2) is 0 Å². The van der Waals surface area contributed by atoms with E-state index in [2.05, 4.69) is 12.2 Å². The van der Waals surface area contributed by atoms with E-state index < -0.39 is 0 Å². The van der Waals surface area contributed by atoms with Gasteiger partial charge in [-0.15, -0.1) is 0 Å². The van der Waals surface area contributed by atoms with Crippen molar-refractivity contribution >= 4 is 5.78 Å². The first-order valence-electron chi connectivity index (χ1n) is 6.02. The van der Waals surface area contributed by atoms with Crippen molar-refractivity contribution in [3.8, 4) is 0 Å².